The number of hydrogen-bond acceptors (Lipinski definition) is 9. The lowest BCUT2D eigenvalue weighted by Gasteiger charge is -2.49. The van der Waals surface area contributed by atoms with Gasteiger partial charge in [0.2, 0.25) is 0 Å². The van der Waals surface area contributed by atoms with Gasteiger partial charge in [-0.15, -0.1) is 0 Å². The Morgan fingerprint density at radius 3 is 2.38 bits per heavy atom. The molecule has 1 aromatic rings. The monoisotopic (exact) mass is 558 g/mol. The molecule has 0 N–H and O–H groups in total. The van der Waals surface area contributed by atoms with Gasteiger partial charge in [-0.25, -0.2) is 0 Å². The topological polar surface area (TPSA) is 83.1 Å². The number of allylic oxidation sites excluding steroid dienone is 2. The van der Waals surface area contributed by atoms with Crippen molar-refractivity contribution in [3.63, 3.8) is 0 Å². The summed E-state index contributed by atoms with van der Waals surface area (Å²) in [5.74, 6) is 1.86. The van der Waals surface area contributed by atoms with Crippen molar-refractivity contribution in [1.29, 1.82) is 0 Å². The highest BCUT2D eigenvalue weighted by Crippen LogP contribution is 2.37. The number of ether oxygens (including phenoxy) is 9. The largest absolute Gasteiger partial charge is 0.497 e. The second-order valence-corrected chi connectivity index (χ2v) is 10.6. The van der Waals surface area contributed by atoms with Crippen molar-refractivity contribution in [3.05, 3.63) is 65.5 Å². The lowest BCUT2D eigenvalue weighted by molar-refractivity contribution is -0.367. The highest BCUT2D eigenvalue weighted by Gasteiger charge is 2.51. The summed E-state index contributed by atoms with van der Waals surface area (Å²) in [5.41, 5.74) is 2.15. The number of hydrogen-bond donors (Lipinski definition) is 0. The maximum atomic E-state index is 6.65. The van der Waals surface area contributed by atoms with Crippen molar-refractivity contribution in [2.75, 3.05) is 48.3 Å². The SMILES string of the molecule is COC1=CCC(CO[C@@H]2[C@@H](OCC3=CCC(OC)CC3)[C@@H](OC)O[C@@H]3COC(c4ccc(OC)cc4)O[C@@H]23)C=C1. The second-order valence-electron chi connectivity index (χ2n) is 10.6. The van der Waals surface area contributed by atoms with Gasteiger partial charge in [-0.3, -0.25) is 0 Å². The molecule has 9 heteroatoms. The van der Waals surface area contributed by atoms with Gasteiger partial charge < -0.3 is 42.6 Å². The van der Waals surface area contributed by atoms with E-state index >= 15 is 0 Å². The Bertz CT molecular complexity index is 1040. The van der Waals surface area contributed by atoms with Crippen LogP contribution >= 0.6 is 0 Å². The van der Waals surface area contributed by atoms with Crippen LogP contribution in [0.15, 0.2) is 59.9 Å². The predicted molar refractivity (Wildman–Crippen MR) is 147 cm³/mol. The third-order valence-electron chi connectivity index (χ3n) is 8.05. The number of benzene rings is 1. The van der Waals surface area contributed by atoms with Gasteiger partial charge in [0.1, 0.15) is 35.9 Å². The highest BCUT2D eigenvalue weighted by molar-refractivity contribution is 5.28. The van der Waals surface area contributed by atoms with E-state index in [9.17, 15) is 0 Å². The summed E-state index contributed by atoms with van der Waals surface area (Å²) in [6, 6.07) is 7.70. The maximum Gasteiger partial charge on any atom is 0.186 e. The lowest BCUT2D eigenvalue weighted by atomic mass is 9.95. The van der Waals surface area contributed by atoms with E-state index in [4.69, 9.17) is 42.6 Å². The summed E-state index contributed by atoms with van der Waals surface area (Å²) < 4.78 is 54.1. The summed E-state index contributed by atoms with van der Waals surface area (Å²) in [6.07, 6.45) is 9.49. The average Bonchev–Trinajstić information content (AvgIpc) is 3.02. The zero-order valence-electron chi connectivity index (χ0n) is 23.9. The van der Waals surface area contributed by atoms with E-state index in [0.717, 1.165) is 42.8 Å². The zero-order valence-corrected chi connectivity index (χ0v) is 23.9. The Morgan fingerprint density at radius 1 is 0.875 bits per heavy atom. The Hall–Kier alpha value is -2.24. The molecule has 0 aromatic heterocycles. The smallest absolute Gasteiger partial charge is 0.186 e. The van der Waals surface area contributed by atoms with Gasteiger partial charge in [0.15, 0.2) is 12.6 Å². The third kappa shape index (κ3) is 6.97. The molecule has 3 unspecified atom stereocenters. The fourth-order valence-corrected chi connectivity index (χ4v) is 5.60. The Kier molecular flexibility index (Phi) is 10.3. The van der Waals surface area contributed by atoms with Gasteiger partial charge in [0, 0.05) is 25.7 Å². The van der Waals surface area contributed by atoms with Gasteiger partial charge in [0.25, 0.3) is 0 Å². The summed E-state index contributed by atoms with van der Waals surface area (Å²) in [7, 11) is 6.73. The fraction of sp³-hybridized carbons (Fsp3) is 0.613. The molecule has 5 rings (SSSR count). The molecule has 2 aliphatic heterocycles. The molecule has 40 heavy (non-hydrogen) atoms. The van der Waals surface area contributed by atoms with E-state index in [1.807, 2.05) is 30.3 Å². The summed E-state index contributed by atoms with van der Waals surface area (Å²) in [4.78, 5) is 0. The van der Waals surface area contributed by atoms with Crippen LogP contribution in [-0.2, 0) is 37.9 Å². The summed E-state index contributed by atoms with van der Waals surface area (Å²) >= 11 is 0. The molecular weight excluding hydrogens is 516 g/mol. The second kappa shape index (κ2) is 14.1. The van der Waals surface area contributed by atoms with Crippen LogP contribution in [0.5, 0.6) is 5.75 Å². The molecule has 0 radical (unpaired) electrons. The van der Waals surface area contributed by atoms with Crippen molar-refractivity contribution in [3.8, 4) is 5.75 Å². The molecule has 2 saturated heterocycles. The highest BCUT2D eigenvalue weighted by atomic mass is 16.8. The standard InChI is InChI=1S/C31H42O9/c1-32-23-11-5-20(6-12-23)17-36-28-27-26(19-38-30(40-27)22-9-15-25(34-3)16-10-22)39-31(35-4)29(28)37-18-21-7-13-24(33-2)14-8-21/h5,7,9-12,15-16,20,24,26-31H,6,8,13-14,17-19H2,1-4H3/t20?,24?,26-,27-,28+,29-,30?,31+/m1/s1. The van der Waals surface area contributed by atoms with Crippen LogP contribution in [0.3, 0.4) is 0 Å². The molecule has 0 bridgehead atoms. The first kappa shape index (κ1) is 29.3. The molecule has 9 nitrogen and oxygen atoms in total. The molecule has 2 heterocycles. The van der Waals surface area contributed by atoms with Crippen LogP contribution < -0.4 is 4.74 Å². The summed E-state index contributed by atoms with van der Waals surface area (Å²) in [5, 5.41) is 0. The lowest BCUT2D eigenvalue weighted by Crippen LogP contribution is -2.63. The van der Waals surface area contributed by atoms with Crippen molar-refractivity contribution in [2.24, 2.45) is 5.92 Å². The molecule has 2 fully saturated rings. The van der Waals surface area contributed by atoms with Gasteiger partial charge in [-0.05, 0) is 55.5 Å². The Balaban J connectivity index is 1.33. The van der Waals surface area contributed by atoms with Gasteiger partial charge >= 0.3 is 0 Å². The maximum absolute atomic E-state index is 6.65. The number of fused-ring (bicyclic) bond motifs is 1. The van der Waals surface area contributed by atoms with Crippen molar-refractivity contribution < 1.29 is 42.6 Å². The molecule has 0 spiro atoms. The predicted octanol–water partition coefficient (Wildman–Crippen LogP) is 4.48. The molecule has 1 aromatic carbocycles. The van der Waals surface area contributed by atoms with E-state index in [2.05, 4.69) is 18.2 Å². The first-order chi connectivity index (χ1) is 19.6. The quantitative estimate of drug-likeness (QED) is 0.365. The molecule has 4 aliphatic rings. The molecule has 0 amide bonds. The van der Waals surface area contributed by atoms with E-state index in [0.29, 0.717) is 19.8 Å². The van der Waals surface area contributed by atoms with Crippen LogP contribution in [0.1, 0.15) is 37.5 Å². The molecule has 2 aliphatic carbocycles. The fourth-order valence-electron chi connectivity index (χ4n) is 5.60. The first-order valence-corrected chi connectivity index (χ1v) is 14.1. The number of methoxy groups -OCH3 is 4. The molecule has 8 atom stereocenters. The third-order valence-corrected chi connectivity index (χ3v) is 8.05. The van der Waals surface area contributed by atoms with Crippen LogP contribution in [0, 0.1) is 5.92 Å². The van der Waals surface area contributed by atoms with Crippen LogP contribution in [0.2, 0.25) is 0 Å². The summed E-state index contributed by atoms with van der Waals surface area (Å²) in [6.45, 7) is 1.33. The zero-order chi connectivity index (χ0) is 27.9. The van der Waals surface area contributed by atoms with Crippen molar-refractivity contribution >= 4 is 0 Å². The van der Waals surface area contributed by atoms with Gasteiger partial charge in [-0.2, -0.15) is 0 Å². The minimum absolute atomic E-state index is 0.214. The van der Waals surface area contributed by atoms with Crippen molar-refractivity contribution in [1.82, 2.24) is 0 Å². The number of rotatable bonds is 11. The first-order valence-electron chi connectivity index (χ1n) is 14.1. The Labute approximate surface area is 236 Å². The van der Waals surface area contributed by atoms with Crippen LogP contribution in [-0.4, -0.2) is 85.1 Å². The normalized spacial score (nSPS) is 34.0. The van der Waals surface area contributed by atoms with Crippen LogP contribution in [0.25, 0.3) is 0 Å². The van der Waals surface area contributed by atoms with Gasteiger partial charge in [0.05, 0.1) is 40.1 Å². The van der Waals surface area contributed by atoms with E-state index in [-0.39, 0.29) is 18.1 Å². The minimum Gasteiger partial charge on any atom is -0.497 e. The molecule has 0 saturated carbocycles. The van der Waals surface area contributed by atoms with E-state index < -0.39 is 30.9 Å². The van der Waals surface area contributed by atoms with E-state index in [1.54, 1.807) is 28.4 Å². The van der Waals surface area contributed by atoms with Crippen LogP contribution in [0.4, 0.5) is 0 Å². The van der Waals surface area contributed by atoms with Gasteiger partial charge in [-0.1, -0.05) is 24.3 Å². The van der Waals surface area contributed by atoms with E-state index in [1.165, 1.54) is 5.57 Å². The van der Waals surface area contributed by atoms with Crippen molar-refractivity contribution in [2.45, 2.75) is 68.8 Å². The Morgan fingerprint density at radius 2 is 1.73 bits per heavy atom. The average molecular weight is 559 g/mol. The molecule has 220 valence electrons. The molecular formula is C31H42O9. The minimum atomic E-state index is -0.617.